The molecule has 6 heteroatoms. The molecule has 1 unspecified atom stereocenters. The lowest BCUT2D eigenvalue weighted by Gasteiger charge is -2.14. The molecule has 0 aliphatic rings. The van der Waals surface area contributed by atoms with Crippen molar-refractivity contribution in [1.82, 2.24) is 0 Å². The van der Waals surface area contributed by atoms with E-state index in [1.54, 1.807) is 0 Å². The first-order valence-electron chi connectivity index (χ1n) is 5.56. The van der Waals surface area contributed by atoms with Gasteiger partial charge in [0.25, 0.3) is 0 Å². The van der Waals surface area contributed by atoms with Gasteiger partial charge in [-0.05, 0) is 6.07 Å². The molecule has 0 aromatic heterocycles. The van der Waals surface area contributed by atoms with E-state index in [1.807, 2.05) is 0 Å². The van der Waals surface area contributed by atoms with Gasteiger partial charge in [0.1, 0.15) is 29.0 Å². The minimum absolute atomic E-state index is 0.0233. The Bertz CT molecular complexity index is 622. The molecule has 0 N–H and O–H groups in total. The quantitative estimate of drug-likeness (QED) is 0.575. The molecule has 0 amide bonds. The number of hydrogen-bond donors (Lipinski definition) is 0. The smallest absolute Gasteiger partial charge is 0.133 e. The third-order valence-corrected chi connectivity index (χ3v) is 3.73. The van der Waals surface area contributed by atoms with Crippen molar-refractivity contribution < 1.29 is 22.3 Å². The Hall–Kier alpha value is -1.56. The predicted molar refractivity (Wildman–Crippen MR) is 70.0 cm³/mol. The molecule has 2 aromatic carbocycles. The van der Waals surface area contributed by atoms with Gasteiger partial charge in [0.05, 0.1) is 11.9 Å². The molecule has 2 rings (SSSR count). The monoisotopic (exact) mass is 348 g/mol. The molecule has 106 valence electrons. The van der Waals surface area contributed by atoms with Crippen molar-refractivity contribution >= 4 is 15.9 Å². The SMILES string of the molecule is COc1ccc(C(Br)c2c(F)cc(F)cc2F)c(F)c1. The van der Waals surface area contributed by atoms with Crippen molar-refractivity contribution in [2.75, 3.05) is 7.11 Å². The van der Waals surface area contributed by atoms with E-state index in [0.29, 0.717) is 12.1 Å². The second kappa shape index (κ2) is 5.83. The summed E-state index contributed by atoms with van der Waals surface area (Å²) in [6, 6.07) is 5.01. The Labute approximate surface area is 121 Å². The highest BCUT2D eigenvalue weighted by atomic mass is 79.9. The largest absolute Gasteiger partial charge is 0.497 e. The van der Waals surface area contributed by atoms with Crippen LogP contribution in [0.1, 0.15) is 16.0 Å². The maximum atomic E-state index is 13.9. The number of hydrogen-bond acceptors (Lipinski definition) is 1. The molecule has 0 aliphatic heterocycles. The molecule has 0 saturated carbocycles. The zero-order chi connectivity index (χ0) is 14.9. The minimum Gasteiger partial charge on any atom is -0.497 e. The molecule has 20 heavy (non-hydrogen) atoms. The van der Waals surface area contributed by atoms with Gasteiger partial charge in [0.2, 0.25) is 0 Å². The highest BCUT2D eigenvalue weighted by Gasteiger charge is 2.23. The molecule has 0 bridgehead atoms. The molecular formula is C14H9BrF4O. The van der Waals surface area contributed by atoms with Crippen LogP contribution >= 0.6 is 15.9 Å². The second-order valence-corrected chi connectivity index (χ2v) is 4.95. The van der Waals surface area contributed by atoms with E-state index in [9.17, 15) is 17.6 Å². The highest BCUT2D eigenvalue weighted by molar-refractivity contribution is 9.09. The summed E-state index contributed by atoms with van der Waals surface area (Å²) in [5.74, 6) is -3.60. The first kappa shape index (κ1) is 14.8. The van der Waals surface area contributed by atoms with Crippen LogP contribution in [0.2, 0.25) is 0 Å². The summed E-state index contributed by atoms with van der Waals surface area (Å²) < 4.78 is 58.9. The minimum atomic E-state index is -1.08. The van der Waals surface area contributed by atoms with Gasteiger partial charge >= 0.3 is 0 Å². The zero-order valence-electron chi connectivity index (χ0n) is 10.3. The van der Waals surface area contributed by atoms with Crippen molar-refractivity contribution in [3.63, 3.8) is 0 Å². The lowest BCUT2D eigenvalue weighted by atomic mass is 10.0. The Balaban J connectivity index is 2.49. The van der Waals surface area contributed by atoms with Crippen LogP contribution in [0.4, 0.5) is 17.6 Å². The second-order valence-electron chi connectivity index (χ2n) is 4.03. The van der Waals surface area contributed by atoms with Gasteiger partial charge in [0.15, 0.2) is 0 Å². The number of halogens is 5. The van der Waals surface area contributed by atoms with Crippen LogP contribution in [0.5, 0.6) is 5.75 Å². The Morgan fingerprint density at radius 3 is 2.05 bits per heavy atom. The van der Waals surface area contributed by atoms with Crippen molar-refractivity contribution in [2.24, 2.45) is 0 Å². The Kier molecular flexibility index (Phi) is 4.32. The third-order valence-electron chi connectivity index (χ3n) is 2.78. The van der Waals surface area contributed by atoms with Crippen molar-refractivity contribution in [1.29, 1.82) is 0 Å². The standard InChI is InChI=1S/C14H9BrF4O/c1-20-8-2-3-9(10(17)6-8)14(15)13-11(18)4-7(16)5-12(13)19/h2-6,14H,1H3. The normalized spacial score (nSPS) is 12.3. The summed E-state index contributed by atoms with van der Waals surface area (Å²) >= 11 is 3.03. The van der Waals surface area contributed by atoms with Crippen molar-refractivity contribution in [3.05, 3.63) is 64.7 Å². The fourth-order valence-corrected chi connectivity index (χ4v) is 2.60. The lowest BCUT2D eigenvalue weighted by Crippen LogP contribution is -2.04. The number of ether oxygens (including phenoxy) is 1. The van der Waals surface area contributed by atoms with E-state index in [4.69, 9.17) is 4.74 Å². The molecule has 0 fully saturated rings. The van der Waals surface area contributed by atoms with E-state index in [-0.39, 0.29) is 11.3 Å². The van der Waals surface area contributed by atoms with Crippen LogP contribution in [-0.2, 0) is 0 Å². The van der Waals surface area contributed by atoms with E-state index in [2.05, 4.69) is 15.9 Å². The number of methoxy groups -OCH3 is 1. The average molecular weight is 349 g/mol. The molecule has 2 aromatic rings. The third kappa shape index (κ3) is 2.80. The predicted octanol–water partition coefficient (Wildman–Crippen LogP) is 4.74. The van der Waals surface area contributed by atoms with Crippen LogP contribution in [-0.4, -0.2) is 7.11 Å². The van der Waals surface area contributed by atoms with Gasteiger partial charge in [-0.25, -0.2) is 17.6 Å². The molecule has 0 heterocycles. The maximum Gasteiger partial charge on any atom is 0.133 e. The fourth-order valence-electron chi connectivity index (χ4n) is 1.79. The van der Waals surface area contributed by atoms with Gasteiger partial charge in [-0.15, -0.1) is 0 Å². The van der Waals surface area contributed by atoms with Crippen molar-refractivity contribution in [2.45, 2.75) is 4.83 Å². The van der Waals surface area contributed by atoms with E-state index < -0.39 is 33.7 Å². The first-order valence-corrected chi connectivity index (χ1v) is 6.47. The van der Waals surface area contributed by atoms with Gasteiger partial charge in [-0.1, -0.05) is 22.0 Å². The van der Waals surface area contributed by atoms with Crippen molar-refractivity contribution in [3.8, 4) is 5.75 Å². The van der Waals surface area contributed by atoms with Crippen LogP contribution in [0.3, 0.4) is 0 Å². The summed E-state index contributed by atoms with van der Waals surface area (Å²) in [6.45, 7) is 0. The number of benzene rings is 2. The van der Waals surface area contributed by atoms with E-state index in [1.165, 1.54) is 19.2 Å². The van der Waals surface area contributed by atoms with Crippen LogP contribution in [0, 0.1) is 23.3 Å². The van der Waals surface area contributed by atoms with E-state index in [0.717, 1.165) is 6.07 Å². The molecular weight excluding hydrogens is 340 g/mol. The lowest BCUT2D eigenvalue weighted by molar-refractivity contribution is 0.410. The molecule has 0 radical (unpaired) electrons. The van der Waals surface area contributed by atoms with Crippen LogP contribution in [0.15, 0.2) is 30.3 Å². The van der Waals surface area contributed by atoms with Gasteiger partial charge in [-0.3, -0.25) is 0 Å². The Morgan fingerprint density at radius 1 is 0.950 bits per heavy atom. The average Bonchev–Trinajstić information content (AvgIpc) is 2.37. The topological polar surface area (TPSA) is 9.23 Å². The van der Waals surface area contributed by atoms with Gasteiger partial charge < -0.3 is 4.74 Å². The molecule has 0 aliphatic carbocycles. The molecule has 0 saturated heterocycles. The summed E-state index contributed by atoms with van der Waals surface area (Å²) in [7, 11) is 1.37. The molecule has 0 spiro atoms. The first-order chi connectivity index (χ1) is 9.43. The summed E-state index contributed by atoms with van der Waals surface area (Å²) in [5, 5.41) is 0. The molecule has 1 nitrogen and oxygen atoms in total. The highest BCUT2D eigenvalue weighted by Crippen LogP contribution is 2.36. The van der Waals surface area contributed by atoms with E-state index >= 15 is 0 Å². The zero-order valence-corrected chi connectivity index (χ0v) is 11.8. The number of alkyl halides is 1. The van der Waals surface area contributed by atoms with Gasteiger partial charge in [-0.2, -0.15) is 0 Å². The van der Waals surface area contributed by atoms with Crippen LogP contribution in [0.25, 0.3) is 0 Å². The van der Waals surface area contributed by atoms with Crippen LogP contribution < -0.4 is 4.74 Å². The Morgan fingerprint density at radius 2 is 1.55 bits per heavy atom. The number of rotatable bonds is 3. The summed E-state index contributed by atoms with van der Waals surface area (Å²) in [5.41, 5.74) is -0.425. The maximum absolute atomic E-state index is 13.9. The van der Waals surface area contributed by atoms with Gasteiger partial charge in [0, 0.05) is 29.3 Å². The molecule has 1 atom stereocenters. The summed E-state index contributed by atoms with van der Waals surface area (Å²) in [4.78, 5) is -1.07. The fraction of sp³-hybridized carbons (Fsp3) is 0.143. The summed E-state index contributed by atoms with van der Waals surface area (Å²) in [6.07, 6.45) is 0.